The van der Waals surface area contributed by atoms with Crippen LogP contribution in [-0.2, 0) is 0 Å². The van der Waals surface area contributed by atoms with Gasteiger partial charge >= 0.3 is 6.18 Å². The number of alkyl halides is 3. The van der Waals surface area contributed by atoms with E-state index in [2.05, 4.69) is 11.8 Å². The van der Waals surface area contributed by atoms with E-state index in [-0.39, 0.29) is 30.9 Å². The van der Waals surface area contributed by atoms with Crippen LogP contribution in [-0.4, -0.2) is 19.3 Å². The van der Waals surface area contributed by atoms with Crippen molar-refractivity contribution in [2.45, 2.75) is 19.0 Å². The van der Waals surface area contributed by atoms with Crippen molar-refractivity contribution < 1.29 is 22.3 Å². The number of nitrogens with two attached hydrogens (primary N) is 1. The molecule has 19 heavy (non-hydrogen) atoms. The summed E-state index contributed by atoms with van der Waals surface area (Å²) in [4.78, 5) is 0. The molecule has 0 atom stereocenters. The summed E-state index contributed by atoms with van der Waals surface area (Å²) >= 11 is 0. The van der Waals surface area contributed by atoms with E-state index in [4.69, 9.17) is 10.5 Å². The van der Waals surface area contributed by atoms with Crippen molar-refractivity contribution >= 4 is 0 Å². The normalized spacial score (nSPS) is 10.8. The highest BCUT2D eigenvalue weighted by molar-refractivity contribution is 5.39. The van der Waals surface area contributed by atoms with Gasteiger partial charge in [0.15, 0.2) is 0 Å². The maximum absolute atomic E-state index is 13.5. The van der Waals surface area contributed by atoms with Gasteiger partial charge in [0.05, 0.1) is 18.7 Å². The van der Waals surface area contributed by atoms with Gasteiger partial charge in [-0.3, -0.25) is 0 Å². The lowest BCUT2D eigenvalue weighted by Crippen LogP contribution is -2.09. The summed E-state index contributed by atoms with van der Waals surface area (Å²) in [5.41, 5.74) is 5.33. The number of hydrogen-bond donors (Lipinski definition) is 1. The first-order valence-corrected chi connectivity index (χ1v) is 5.60. The third-order valence-electron chi connectivity index (χ3n) is 2.14. The van der Waals surface area contributed by atoms with E-state index in [1.807, 2.05) is 0 Å². The standard InChI is InChI=1S/C13H13F4NO/c14-12-9-11(5-4-10(12)3-1-7-18)19-8-2-6-13(15,16)17/h4-5,9H,2,6-8,18H2. The first kappa shape index (κ1) is 15.3. The van der Waals surface area contributed by atoms with E-state index in [0.29, 0.717) is 0 Å². The molecule has 0 saturated heterocycles. The fourth-order valence-corrected chi connectivity index (χ4v) is 1.30. The quantitative estimate of drug-likeness (QED) is 0.521. The minimum atomic E-state index is -4.20. The Labute approximate surface area is 108 Å². The van der Waals surface area contributed by atoms with E-state index < -0.39 is 18.4 Å². The largest absolute Gasteiger partial charge is 0.493 e. The molecule has 0 spiro atoms. The van der Waals surface area contributed by atoms with Gasteiger partial charge in [-0.15, -0.1) is 0 Å². The summed E-state index contributed by atoms with van der Waals surface area (Å²) in [6.07, 6.45) is -5.29. The van der Waals surface area contributed by atoms with Crippen molar-refractivity contribution in [3.8, 4) is 17.6 Å². The Kier molecular flexibility index (Phi) is 5.64. The zero-order valence-corrected chi connectivity index (χ0v) is 10.1. The Balaban J connectivity index is 2.50. The fraction of sp³-hybridized carbons (Fsp3) is 0.385. The van der Waals surface area contributed by atoms with Crippen LogP contribution in [0.4, 0.5) is 17.6 Å². The van der Waals surface area contributed by atoms with Gasteiger partial charge < -0.3 is 10.5 Å². The second-order valence-corrected chi connectivity index (χ2v) is 3.71. The molecule has 1 aromatic rings. The molecule has 2 N–H and O–H groups in total. The smallest absolute Gasteiger partial charge is 0.389 e. The predicted molar refractivity (Wildman–Crippen MR) is 63.1 cm³/mol. The summed E-state index contributed by atoms with van der Waals surface area (Å²) in [5.74, 6) is 4.63. The van der Waals surface area contributed by atoms with Crippen LogP contribution < -0.4 is 10.5 Å². The molecule has 1 rings (SSSR count). The molecule has 0 saturated carbocycles. The van der Waals surface area contributed by atoms with Crippen molar-refractivity contribution in [1.82, 2.24) is 0 Å². The van der Waals surface area contributed by atoms with Gasteiger partial charge in [0, 0.05) is 12.5 Å². The molecule has 0 amide bonds. The van der Waals surface area contributed by atoms with Crippen LogP contribution in [0, 0.1) is 17.7 Å². The Morgan fingerprint density at radius 1 is 1.26 bits per heavy atom. The van der Waals surface area contributed by atoms with Crippen molar-refractivity contribution in [2.24, 2.45) is 5.73 Å². The van der Waals surface area contributed by atoms with Crippen molar-refractivity contribution in [2.75, 3.05) is 13.2 Å². The number of halogens is 4. The van der Waals surface area contributed by atoms with Crippen LogP contribution in [0.2, 0.25) is 0 Å². The van der Waals surface area contributed by atoms with E-state index in [9.17, 15) is 17.6 Å². The topological polar surface area (TPSA) is 35.2 Å². The average molecular weight is 275 g/mol. The van der Waals surface area contributed by atoms with Crippen LogP contribution in [0.5, 0.6) is 5.75 Å². The number of benzene rings is 1. The second-order valence-electron chi connectivity index (χ2n) is 3.71. The van der Waals surface area contributed by atoms with Crippen LogP contribution in [0.25, 0.3) is 0 Å². The van der Waals surface area contributed by atoms with Gasteiger partial charge in [0.1, 0.15) is 11.6 Å². The van der Waals surface area contributed by atoms with Gasteiger partial charge in [-0.25, -0.2) is 4.39 Å². The Morgan fingerprint density at radius 3 is 2.58 bits per heavy atom. The third kappa shape index (κ3) is 6.11. The summed E-state index contributed by atoms with van der Waals surface area (Å²) in [7, 11) is 0. The van der Waals surface area contributed by atoms with Gasteiger partial charge in [0.2, 0.25) is 0 Å². The zero-order valence-electron chi connectivity index (χ0n) is 10.1. The molecule has 0 fully saturated rings. The molecule has 2 nitrogen and oxygen atoms in total. The highest BCUT2D eigenvalue weighted by Crippen LogP contribution is 2.22. The molecule has 0 aliphatic heterocycles. The van der Waals surface area contributed by atoms with Crippen LogP contribution in [0.1, 0.15) is 18.4 Å². The monoisotopic (exact) mass is 275 g/mol. The molecule has 0 aromatic heterocycles. The molecule has 0 unspecified atom stereocenters. The average Bonchev–Trinajstić information content (AvgIpc) is 2.32. The Morgan fingerprint density at radius 2 is 2.00 bits per heavy atom. The highest BCUT2D eigenvalue weighted by Gasteiger charge is 2.26. The summed E-state index contributed by atoms with van der Waals surface area (Å²) in [6, 6.07) is 3.95. The van der Waals surface area contributed by atoms with Gasteiger partial charge in [0.25, 0.3) is 0 Å². The van der Waals surface area contributed by atoms with Crippen LogP contribution in [0.3, 0.4) is 0 Å². The highest BCUT2D eigenvalue weighted by atomic mass is 19.4. The minimum Gasteiger partial charge on any atom is -0.493 e. The Hall–Kier alpha value is -1.74. The molecular weight excluding hydrogens is 262 g/mol. The Bertz CT molecular complexity index is 474. The number of rotatable bonds is 4. The maximum atomic E-state index is 13.5. The van der Waals surface area contributed by atoms with Gasteiger partial charge in [-0.2, -0.15) is 13.2 Å². The zero-order chi connectivity index (χ0) is 14.3. The lowest BCUT2D eigenvalue weighted by molar-refractivity contribution is -0.136. The molecule has 0 bridgehead atoms. The SMILES string of the molecule is NCC#Cc1ccc(OCCCC(F)(F)F)cc1F. The van der Waals surface area contributed by atoms with Crippen LogP contribution in [0.15, 0.2) is 18.2 Å². The second kappa shape index (κ2) is 7.00. The third-order valence-corrected chi connectivity index (χ3v) is 2.14. The van der Waals surface area contributed by atoms with Crippen LogP contribution >= 0.6 is 0 Å². The molecule has 1 aromatic carbocycles. The molecular formula is C13H13F4NO. The number of ether oxygens (including phenoxy) is 1. The molecule has 0 radical (unpaired) electrons. The summed E-state index contributed by atoms with van der Waals surface area (Å²) < 4.78 is 54.1. The van der Waals surface area contributed by atoms with Crippen molar-refractivity contribution in [1.29, 1.82) is 0 Å². The molecule has 0 heterocycles. The van der Waals surface area contributed by atoms with Gasteiger partial charge in [-0.1, -0.05) is 11.8 Å². The summed E-state index contributed by atoms with van der Waals surface area (Å²) in [5, 5.41) is 0. The number of hydrogen-bond acceptors (Lipinski definition) is 2. The maximum Gasteiger partial charge on any atom is 0.389 e. The first-order valence-electron chi connectivity index (χ1n) is 5.60. The van der Waals surface area contributed by atoms with Gasteiger partial charge in [-0.05, 0) is 18.6 Å². The molecule has 0 aliphatic carbocycles. The lowest BCUT2D eigenvalue weighted by Gasteiger charge is -2.08. The lowest BCUT2D eigenvalue weighted by atomic mass is 10.2. The fourth-order valence-electron chi connectivity index (χ4n) is 1.30. The van der Waals surface area contributed by atoms with Crippen molar-refractivity contribution in [3.63, 3.8) is 0 Å². The van der Waals surface area contributed by atoms with E-state index >= 15 is 0 Å². The molecule has 0 aliphatic rings. The van der Waals surface area contributed by atoms with E-state index in [0.717, 1.165) is 6.07 Å². The first-order chi connectivity index (χ1) is 8.92. The van der Waals surface area contributed by atoms with Crippen molar-refractivity contribution in [3.05, 3.63) is 29.6 Å². The van der Waals surface area contributed by atoms with E-state index in [1.165, 1.54) is 12.1 Å². The molecule has 104 valence electrons. The summed E-state index contributed by atoms with van der Waals surface area (Å²) in [6.45, 7) is 0.00189. The predicted octanol–water partition coefficient (Wildman–Crippen LogP) is 2.86. The van der Waals surface area contributed by atoms with E-state index in [1.54, 1.807) is 0 Å². The molecule has 6 heteroatoms. The minimum absolute atomic E-state index is 0.118.